The maximum atomic E-state index is 12.6. The third-order valence-corrected chi connectivity index (χ3v) is 5.07. The number of benzene rings is 1. The first-order chi connectivity index (χ1) is 11.8. The summed E-state index contributed by atoms with van der Waals surface area (Å²) in [5, 5.41) is 18.1. The van der Waals surface area contributed by atoms with Crippen LogP contribution in [0.15, 0.2) is 29.2 Å². The van der Waals surface area contributed by atoms with Gasteiger partial charge in [0.25, 0.3) is 5.91 Å². The summed E-state index contributed by atoms with van der Waals surface area (Å²) in [7, 11) is 0. The third-order valence-electron chi connectivity index (χ3n) is 3.74. The quantitative estimate of drug-likeness (QED) is 0.555. The van der Waals surface area contributed by atoms with Crippen molar-refractivity contribution in [2.24, 2.45) is 0 Å². The first-order valence-corrected chi connectivity index (χ1v) is 8.86. The van der Waals surface area contributed by atoms with Gasteiger partial charge in [-0.3, -0.25) is 14.5 Å². The van der Waals surface area contributed by atoms with Gasteiger partial charge in [-0.2, -0.15) is 0 Å². The Hall–Kier alpha value is -2.19. The first-order valence-electron chi connectivity index (χ1n) is 7.64. The number of aliphatic carboxylic acids is 2. The molecule has 132 valence electrons. The number of hydrogen-bond donors (Lipinski definition) is 2. The number of aryl methyl sites for hydroxylation is 1. The highest BCUT2D eigenvalue weighted by atomic mass is 32.2. The van der Waals surface area contributed by atoms with Crippen LogP contribution in [0, 0.1) is 0 Å². The smallest absolute Gasteiger partial charge is 0.326 e. The monoisotopic (exact) mass is 379 g/mol. The fourth-order valence-electron chi connectivity index (χ4n) is 2.37. The van der Waals surface area contributed by atoms with E-state index >= 15 is 0 Å². The summed E-state index contributed by atoms with van der Waals surface area (Å²) in [5.41, 5.74) is 1.99. The Balaban J connectivity index is 2.23. The van der Waals surface area contributed by atoms with E-state index in [1.165, 1.54) is 5.56 Å². The van der Waals surface area contributed by atoms with Crippen LogP contribution in [0.4, 0.5) is 0 Å². The minimum atomic E-state index is -1.28. The second-order valence-corrected chi connectivity index (χ2v) is 7.11. The van der Waals surface area contributed by atoms with E-state index < -0.39 is 23.9 Å². The molecular weight excluding hydrogens is 362 g/mol. The number of rotatable bonds is 7. The lowest BCUT2D eigenvalue weighted by molar-refractivity contribution is -0.146. The maximum absolute atomic E-state index is 12.6. The molecule has 1 aromatic carbocycles. The van der Waals surface area contributed by atoms with E-state index in [9.17, 15) is 19.5 Å². The van der Waals surface area contributed by atoms with Crippen LogP contribution in [0.5, 0.6) is 0 Å². The van der Waals surface area contributed by atoms with Crippen molar-refractivity contribution in [1.29, 1.82) is 0 Å². The molecule has 1 aliphatic rings. The largest absolute Gasteiger partial charge is 0.481 e. The Bertz CT molecular complexity index is 742. The summed E-state index contributed by atoms with van der Waals surface area (Å²) in [6, 6.07) is 6.39. The molecule has 1 aromatic rings. The molecule has 0 unspecified atom stereocenters. The van der Waals surface area contributed by atoms with Crippen LogP contribution in [0.2, 0.25) is 0 Å². The van der Waals surface area contributed by atoms with Crippen LogP contribution in [-0.2, 0) is 20.8 Å². The van der Waals surface area contributed by atoms with Gasteiger partial charge in [0.2, 0.25) is 0 Å². The van der Waals surface area contributed by atoms with Crippen molar-refractivity contribution < 1.29 is 24.6 Å². The standard InChI is InChI=1S/C17H17NO5S2/c1-2-10-3-5-11(6-4-10)9-13-15(21)18(17(24)25-13)12(16(22)23)7-8-14(19)20/h3-6,9,12H,2,7-8H2,1H3,(H,19,20)(H,22,23)/b13-9-/t12-/m1/s1. The van der Waals surface area contributed by atoms with Crippen LogP contribution >= 0.6 is 24.0 Å². The molecule has 0 bridgehead atoms. The van der Waals surface area contributed by atoms with Gasteiger partial charge in [0.15, 0.2) is 0 Å². The Morgan fingerprint density at radius 1 is 1.28 bits per heavy atom. The average molecular weight is 379 g/mol. The Kier molecular flexibility index (Phi) is 6.33. The molecule has 8 heteroatoms. The van der Waals surface area contributed by atoms with Gasteiger partial charge in [0, 0.05) is 6.42 Å². The van der Waals surface area contributed by atoms with Gasteiger partial charge in [-0.1, -0.05) is 55.2 Å². The highest BCUT2D eigenvalue weighted by molar-refractivity contribution is 8.26. The zero-order valence-corrected chi connectivity index (χ0v) is 15.1. The summed E-state index contributed by atoms with van der Waals surface area (Å²) < 4.78 is 0.124. The van der Waals surface area contributed by atoms with Crippen LogP contribution in [0.1, 0.15) is 30.9 Å². The first kappa shape index (κ1) is 19.1. The van der Waals surface area contributed by atoms with Crippen molar-refractivity contribution in [3.63, 3.8) is 0 Å². The van der Waals surface area contributed by atoms with Gasteiger partial charge in [-0.05, 0) is 30.0 Å². The van der Waals surface area contributed by atoms with Crippen LogP contribution in [0.3, 0.4) is 0 Å². The number of thiocarbonyl (C=S) groups is 1. The number of carboxylic acid groups (broad SMARTS) is 2. The predicted molar refractivity (Wildman–Crippen MR) is 99.1 cm³/mol. The molecule has 0 aliphatic carbocycles. The predicted octanol–water partition coefficient (Wildman–Crippen LogP) is 2.77. The Labute approximate surface area is 154 Å². The van der Waals surface area contributed by atoms with Crippen molar-refractivity contribution in [3.8, 4) is 0 Å². The lowest BCUT2D eigenvalue weighted by Gasteiger charge is -2.22. The molecule has 1 amide bonds. The molecule has 2 rings (SSSR count). The molecule has 0 aromatic heterocycles. The third kappa shape index (κ3) is 4.67. The number of nitrogens with zero attached hydrogens (tertiary/aromatic N) is 1. The number of carboxylic acids is 2. The van der Waals surface area contributed by atoms with Crippen LogP contribution < -0.4 is 0 Å². The van der Waals surface area contributed by atoms with Gasteiger partial charge in [0.05, 0.1) is 4.91 Å². The lowest BCUT2D eigenvalue weighted by Crippen LogP contribution is -2.44. The molecular formula is C17H17NO5S2. The van der Waals surface area contributed by atoms with E-state index in [-0.39, 0.29) is 17.2 Å². The van der Waals surface area contributed by atoms with Gasteiger partial charge in [0.1, 0.15) is 10.4 Å². The fraction of sp³-hybridized carbons (Fsp3) is 0.294. The van der Waals surface area contributed by atoms with E-state index in [1.54, 1.807) is 6.08 Å². The molecule has 0 saturated carbocycles. The van der Waals surface area contributed by atoms with Crippen LogP contribution in [0.25, 0.3) is 6.08 Å². The average Bonchev–Trinajstić information content (AvgIpc) is 2.83. The SMILES string of the molecule is CCc1ccc(/C=C2\SC(=S)N([C@H](CCC(=O)O)C(=O)O)C2=O)cc1. The minimum absolute atomic E-state index is 0.124. The maximum Gasteiger partial charge on any atom is 0.326 e. The van der Waals surface area contributed by atoms with Crippen molar-refractivity contribution in [2.45, 2.75) is 32.2 Å². The van der Waals surface area contributed by atoms with Crippen molar-refractivity contribution in [1.82, 2.24) is 4.90 Å². The topological polar surface area (TPSA) is 94.9 Å². The molecule has 2 N–H and O–H groups in total. The Morgan fingerprint density at radius 3 is 2.44 bits per heavy atom. The van der Waals surface area contributed by atoms with Crippen molar-refractivity contribution in [3.05, 3.63) is 40.3 Å². The number of hydrogen-bond acceptors (Lipinski definition) is 5. The summed E-state index contributed by atoms with van der Waals surface area (Å²) in [4.78, 5) is 36.1. The van der Waals surface area contributed by atoms with Crippen LogP contribution in [-0.4, -0.2) is 43.3 Å². The summed E-state index contributed by atoms with van der Waals surface area (Å²) in [6.45, 7) is 2.04. The van der Waals surface area contributed by atoms with Gasteiger partial charge >= 0.3 is 11.9 Å². The zero-order chi connectivity index (χ0) is 18.6. The molecule has 0 radical (unpaired) electrons. The van der Waals surface area contributed by atoms with Gasteiger partial charge in [-0.25, -0.2) is 4.79 Å². The second-order valence-electron chi connectivity index (χ2n) is 5.43. The minimum Gasteiger partial charge on any atom is -0.481 e. The van der Waals surface area contributed by atoms with E-state index in [0.29, 0.717) is 4.91 Å². The molecule has 1 fully saturated rings. The normalized spacial score (nSPS) is 17.2. The zero-order valence-electron chi connectivity index (χ0n) is 13.5. The van der Waals surface area contributed by atoms with E-state index in [0.717, 1.165) is 28.6 Å². The fourth-order valence-corrected chi connectivity index (χ4v) is 3.73. The number of thioether (sulfide) groups is 1. The summed E-state index contributed by atoms with van der Waals surface area (Å²) >= 11 is 6.17. The molecule has 1 atom stereocenters. The van der Waals surface area contributed by atoms with E-state index in [4.69, 9.17) is 17.3 Å². The highest BCUT2D eigenvalue weighted by Gasteiger charge is 2.40. The number of carbonyl (C=O) groups excluding carboxylic acids is 1. The van der Waals surface area contributed by atoms with Gasteiger partial charge < -0.3 is 10.2 Å². The number of amides is 1. The van der Waals surface area contributed by atoms with Gasteiger partial charge in [-0.15, -0.1) is 0 Å². The Morgan fingerprint density at radius 2 is 1.92 bits per heavy atom. The van der Waals surface area contributed by atoms with E-state index in [2.05, 4.69) is 0 Å². The molecule has 0 spiro atoms. The molecule has 1 saturated heterocycles. The lowest BCUT2D eigenvalue weighted by atomic mass is 10.1. The summed E-state index contributed by atoms with van der Waals surface area (Å²) in [5.74, 6) is -2.90. The molecule has 1 heterocycles. The molecule has 6 nitrogen and oxygen atoms in total. The van der Waals surface area contributed by atoms with E-state index in [1.807, 2.05) is 31.2 Å². The second kappa shape index (κ2) is 8.26. The number of carbonyl (C=O) groups is 3. The molecule has 1 aliphatic heterocycles. The van der Waals surface area contributed by atoms with Crippen molar-refractivity contribution in [2.75, 3.05) is 0 Å². The highest BCUT2D eigenvalue weighted by Crippen LogP contribution is 2.35. The summed E-state index contributed by atoms with van der Waals surface area (Å²) in [6.07, 6.45) is 2.02. The molecule has 25 heavy (non-hydrogen) atoms. The van der Waals surface area contributed by atoms with Crippen molar-refractivity contribution >= 4 is 52.2 Å².